The Morgan fingerprint density at radius 2 is 2.03 bits per heavy atom. The number of rotatable bonds is 10. The summed E-state index contributed by atoms with van der Waals surface area (Å²) in [5.74, 6) is 1.14. The van der Waals surface area contributed by atoms with E-state index in [1.807, 2.05) is 6.92 Å². The summed E-state index contributed by atoms with van der Waals surface area (Å²) in [6.07, 6.45) is 3.30. The molecule has 2 heterocycles. The van der Waals surface area contributed by atoms with Crippen LogP contribution in [0.3, 0.4) is 0 Å². The maximum Gasteiger partial charge on any atom is 0.435 e. The molecule has 0 saturated heterocycles. The van der Waals surface area contributed by atoms with E-state index in [9.17, 15) is 22.8 Å². The fraction of sp³-hybridized carbons (Fsp3) is 0.360. The number of nitrogens with two attached hydrogens (primary N) is 1. The monoisotopic (exact) mass is 531 g/mol. The number of alkyl halides is 3. The first kappa shape index (κ1) is 28.4. The number of hydrogen-bond donors (Lipinski definition) is 2. The number of benzene rings is 1. The molecule has 3 rings (SSSR count). The maximum atomic E-state index is 13.6. The van der Waals surface area contributed by atoms with Crippen molar-refractivity contribution >= 4 is 17.5 Å². The topological polar surface area (TPSA) is 120 Å². The van der Waals surface area contributed by atoms with Gasteiger partial charge in [0.05, 0.1) is 24.1 Å². The lowest BCUT2D eigenvalue weighted by Crippen LogP contribution is -2.33. The van der Waals surface area contributed by atoms with E-state index in [1.165, 1.54) is 29.1 Å². The molecule has 38 heavy (non-hydrogen) atoms. The first-order valence-electron chi connectivity index (χ1n) is 11.7. The number of carbonyl (C=O) groups excluding carboxylic acids is 2. The van der Waals surface area contributed by atoms with Crippen LogP contribution in [0.15, 0.2) is 30.6 Å². The number of imidazole rings is 1. The van der Waals surface area contributed by atoms with Gasteiger partial charge < -0.3 is 15.6 Å². The molecule has 3 aromatic rings. The number of amides is 2. The van der Waals surface area contributed by atoms with Gasteiger partial charge in [0.2, 0.25) is 0 Å². The second-order valence-electron chi connectivity index (χ2n) is 8.12. The Morgan fingerprint density at radius 3 is 2.63 bits per heavy atom. The van der Waals surface area contributed by atoms with E-state index in [4.69, 9.17) is 17.0 Å². The summed E-state index contributed by atoms with van der Waals surface area (Å²) in [6, 6.07) is 4.78. The fourth-order valence-corrected chi connectivity index (χ4v) is 3.81. The van der Waals surface area contributed by atoms with Gasteiger partial charge in [-0.05, 0) is 37.1 Å². The quantitative estimate of drug-likeness (QED) is 0.307. The summed E-state index contributed by atoms with van der Waals surface area (Å²) in [6.45, 7) is 4.25. The molecular weight excluding hydrogens is 503 g/mol. The third-order valence-corrected chi connectivity index (χ3v) is 5.60. The number of aromatic nitrogens is 4. The number of hydroxylamine groups is 2. The Labute approximate surface area is 217 Å². The largest absolute Gasteiger partial charge is 0.435 e. The van der Waals surface area contributed by atoms with E-state index in [2.05, 4.69) is 21.3 Å². The highest BCUT2D eigenvalue weighted by atomic mass is 19.4. The van der Waals surface area contributed by atoms with Crippen LogP contribution < -0.4 is 11.1 Å². The van der Waals surface area contributed by atoms with Crippen molar-refractivity contribution in [3.63, 3.8) is 0 Å². The normalized spacial score (nSPS) is 11.3. The van der Waals surface area contributed by atoms with Crippen molar-refractivity contribution in [3.8, 4) is 23.6 Å². The molecule has 2 aromatic heterocycles. The van der Waals surface area contributed by atoms with Crippen molar-refractivity contribution in [2.45, 2.75) is 33.0 Å². The van der Waals surface area contributed by atoms with Crippen LogP contribution in [0.5, 0.6) is 0 Å². The first-order valence-corrected chi connectivity index (χ1v) is 11.7. The Balaban J connectivity index is 1.87. The molecule has 0 fully saturated rings. The van der Waals surface area contributed by atoms with Gasteiger partial charge in [-0.15, -0.1) is 6.42 Å². The van der Waals surface area contributed by atoms with Crippen LogP contribution in [0, 0.1) is 12.3 Å². The first-order chi connectivity index (χ1) is 18.0. The SMILES string of the molecule is C#CCn1cc(-c2cnc(C(=O)Nc3ccc(C(=O)N(CC)OCCN)c(CC)c3)n2C)c(C(F)(F)F)n1. The van der Waals surface area contributed by atoms with Crippen molar-refractivity contribution in [3.05, 3.63) is 53.2 Å². The molecule has 0 atom stereocenters. The lowest BCUT2D eigenvalue weighted by Gasteiger charge is -2.21. The molecule has 3 N–H and O–H groups in total. The zero-order chi connectivity index (χ0) is 28.0. The molecular formula is C25H28F3N7O3. The van der Waals surface area contributed by atoms with Crippen molar-refractivity contribution < 1.29 is 27.6 Å². The lowest BCUT2D eigenvalue weighted by molar-refractivity contribution is -0.141. The summed E-state index contributed by atoms with van der Waals surface area (Å²) in [4.78, 5) is 35.3. The molecule has 0 aliphatic rings. The average Bonchev–Trinajstić information content (AvgIpc) is 3.47. The highest BCUT2D eigenvalue weighted by molar-refractivity contribution is 6.03. The zero-order valence-electron chi connectivity index (χ0n) is 21.2. The minimum Gasteiger partial charge on any atom is -0.328 e. The molecule has 0 aliphatic carbocycles. The summed E-state index contributed by atoms with van der Waals surface area (Å²) in [5.41, 5.74) is 5.57. The molecule has 0 spiro atoms. The van der Waals surface area contributed by atoms with Gasteiger partial charge in [0, 0.05) is 37.6 Å². The summed E-state index contributed by atoms with van der Waals surface area (Å²) in [5, 5.41) is 7.45. The van der Waals surface area contributed by atoms with Gasteiger partial charge in [0.25, 0.3) is 11.8 Å². The maximum absolute atomic E-state index is 13.6. The number of halogens is 3. The second-order valence-corrected chi connectivity index (χ2v) is 8.12. The van der Waals surface area contributed by atoms with E-state index in [-0.39, 0.29) is 42.7 Å². The van der Waals surface area contributed by atoms with Crippen LogP contribution in [0.4, 0.5) is 18.9 Å². The van der Waals surface area contributed by atoms with Crippen LogP contribution in [-0.4, -0.2) is 55.9 Å². The number of nitrogens with one attached hydrogen (secondary N) is 1. The van der Waals surface area contributed by atoms with Gasteiger partial charge >= 0.3 is 6.18 Å². The third-order valence-electron chi connectivity index (χ3n) is 5.60. The predicted octanol–water partition coefficient (Wildman–Crippen LogP) is 3.10. The van der Waals surface area contributed by atoms with Crippen LogP contribution in [0.2, 0.25) is 0 Å². The highest BCUT2D eigenvalue weighted by Crippen LogP contribution is 2.36. The van der Waals surface area contributed by atoms with Crippen molar-refractivity contribution in [1.82, 2.24) is 24.4 Å². The molecule has 10 nitrogen and oxygen atoms in total. The van der Waals surface area contributed by atoms with Gasteiger partial charge in [-0.3, -0.25) is 19.1 Å². The molecule has 13 heteroatoms. The lowest BCUT2D eigenvalue weighted by atomic mass is 10.0. The number of nitrogens with zero attached hydrogens (tertiary/aromatic N) is 5. The van der Waals surface area contributed by atoms with Gasteiger partial charge in [-0.25, -0.2) is 10.0 Å². The van der Waals surface area contributed by atoms with Crippen LogP contribution in [0.25, 0.3) is 11.3 Å². The van der Waals surface area contributed by atoms with Crippen molar-refractivity contribution in [2.24, 2.45) is 12.8 Å². The zero-order valence-corrected chi connectivity index (χ0v) is 21.2. The average molecular weight is 532 g/mol. The number of terminal acetylenes is 1. The Kier molecular flexibility index (Phi) is 8.92. The summed E-state index contributed by atoms with van der Waals surface area (Å²) >= 11 is 0. The van der Waals surface area contributed by atoms with E-state index in [1.54, 1.807) is 25.1 Å². The minimum absolute atomic E-state index is 0.0399. The van der Waals surface area contributed by atoms with E-state index >= 15 is 0 Å². The number of anilines is 1. The van der Waals surface area contributed by atoms with E-state index < -0.39 is 17.8 Å². The third kappa shape index (κ3) is 6.04. The molecule has 2 amide bonds. The van der Waals surface area contributed by atoms with E-state index in [0.717, 1.165) is 4.68 Å². The number of carbonyl (C=O) groups is 2. The van der Waals surface area contributed by atoms with E-state index in [0.29, 0.717) is 29.8 Å². The van der Waals surface area contributed by atoms with Gasteiger partial charge in [-0.2, -0.15) is 18.3 Å². The molecule has 0 unspecified atom stereocenters. The summed E-state index contributed by atoms with van der Waals surface area (Å²) in [7, 11) is 1.43. The molecule has 0 bridgehead atoms. The molecule has 1 aromatic carbocycles. The molecule has 0 saturated carbocycles. The Morgan fingerprint density at radius 1 is 1.29 bits per heavy atom. The molecule has 202 valence electrons. The van der Waals surface area contributed by atoms with Gasteiger partial charge in [0.1, 0.15) is 6.54 Å². The number of hydrogen-bond acceptors (Lipinski definition) is 6. The predicted molar refractivity (Wildman–Crippen MR) is 134 cm³/mol. The van der Waals surface area contributed by atoms with Crippen LogP contribution in [0.1, 0.15) is 46.1 Å². The van der Waals surface area contributed by atoms with Gasteiger partial charge in [-0.1, -0.05) is 12.8 Å². The highest BCUT2D eigenvalue weighted by Gasteiger charge is 2.38. The number of aryl methyl sites for hydroxylation is 1. The Bertz CT molecular complexity index is 1360. The smallest absolute Gasteiger partial charge is 0.328 e. The van der Waals surface area contributed by atoms with Crippen LogP contribution >= 0.6 is 0 Å². The Hall–Kier alpha value is -4.15. The second kappa shape index (κ2) is 11.9. The van der Waals surface area contributed by atoms with Crippen molar-refractivity contribution in [1.29, 1.82) is 0 Å². The molecule has 0 aliphatic heterocycles. The fourth-order valence-electron chi connectivity index (χ4n) is 3.81. The standard InChI is InChI=1S/C25H28F3N7O3/c1-5-11-34-15-19(21(32-34)25(26,27)28)20-14-30-22(33(20)4)23(36)31-17-8-9-18(16(6-2)13-17)24(37)35(7-3)38-12-10-29/h1,8-9,13-15H,6-7,10-12,29H2,2-4H3,(H,31,36). The van der Waals surface area contributed by atoms with Crippen molar-refractivity contribution in [2.75, 3.05) is 25.0 Å². The summed E-state index contributed by atoms with van der Waals surface area (Å²) < 4.78 is 43.0. The molecule has 0 radical (unpaired) electrons. The van der Waals surface area contributed by atoms with Crippen LogP contribution in [-0.2, 0) is 31.0 Å². The minimum atomic E-state index is -4.74. The van der Waals surface area contributed by atoms with Gasteiger partial charge in [0.15, 0.2) is 11.5 Å².